The first-order valence-corrected chi connectivity index (χ1v) is 7.85. The molecule has 25 heavy (non-hydrogen) atoms. The standard InChI is InChI=1S/C19H22N2O4/c1-4-5-14-6-8-16(17(10-14)23-2)25-13-18(22)20-11-15-7-9-19(24-3)21-12-15/h4-10,12H,11,13H2,1-3H3,(H,20,22)/b5-4+. The summed E-state index contributed by atoms with van der Waals surface area (Å²) < 4.78 is 15.8. The van der Waals surface area contributed by atoms with E-state index in [1.54, 1.807) is 32.5 Å². The summed E-state index contributed by atoms with van der Waals surface area (Å²) in [6, 6.07) is 9.13. The third-order valence-corrected chi connectivity index (χ3v) is 3.40. The first-order valence-electron chi connectivity index (χ1n) is 7.85. The molecule has 132 valence electrons. The Hall–Kier alpha value is -3.02. The van der Waals surface area contributed by atoms with Gasteiger partial charge in [0, 0.05) is 18.8 Å². The smallest absolute Gasteiger partial charge is 0.258 e. The zero-order valence-electron chi connectivity index (χ0n) is 14.6. The Morgan fingerprint density at radius 1 is 1.16 bits per heavy atom. The molecule has 2 aromatic rings. The van der Waals surface area contributed by atoms with Gasteiger partial charge in [-0.1, -0.05) is 24.3 Å². The number of nitrogens with zero attached hydrogens (tertiary/aromatic N) is 1. The predicted octanol–water partition coefficient (Wildman–Crippen LogP) is 2.83. The van der Waals surface area contributed by atoms with Crippen molar-refractivity contribution in [2.24, 2.45) is 0 Å². The quantitative estimate of drug-likeness (QED) is 0.799. The minimum absolute atomic E-state index is 0.0943. The maximum absolute atomic E-state index is 11.9. The first kappa shape index (κ1) is 18.3. The molecule has 0 spiro atoms. The van der Waals surface area contributed by atoms with Crippen LogP contribution in [0, 0.1) is 0 Å². The third kappa shape index (κ3) is 5.53. The summed E-state index contributed by atoms with van der Waals surface area (Å²) in [5.41, 5.74) is 1.88. The Balaban J connectivity index is 1.86. The van der Waals surface area contributed by atoms with Gasteiger partial charge in [-0.15, -0.1) is 0 Å². The molecule has 1 N–H and O–H groups in total. The van der Waals surface area contributed by atoms with E-state index in [4.69, 9.17) is 14.2 Å². The molecule has 1 aromatic carbocycles. The number of ether oxygens (including phenoxy) is 3. The van der Waals surface area contributed by atoms with E-state index in [0.717, 1.165) is 11.1 Å². The van der Waals surface area contributed by atoms with Crippen molar-refractivity contribution in [1.29, 1.82) is 0 Å². The molecule has 1 heterocycles. The number of hydrogen-bond donors (Lipinski definition) is 1. The Labute approximate surface area is 147 Å². The van der Waals surface area contributed by atoms with Crippen molar-refractivity contribution >= 4 is 12.0 Å². The normalized spacial score (nSPS) is 10.5. The molecule has 0 saturated carbocycles. The number of rotatable bonds is 8. The van der Waals surface area contributed by atoms with Gasteiger partial charge in [0.1, 0.15) is 0 Å². The molecule has 0 bridgehead atoms. The number of carbonyl (C=O) groups is 1. The van der Waals surface area contributed by atoms with E-state index in [0.29, 0.717) is 23.9 Å². The number of allylic oxidation sites excluding steroid dienone is 1. The van der Waals surface area contributed by atoms with Crippen LogP contribution in [0.2, 0.25) is 0 Å². The average Bonchev–Trinajstić information content (AvgIpc) is 2.65. The number of amides is 1. The van der Waals surface area contributed by atoms with Crippen molar-refractivity contribution in [3.8, 4) is 17.4 Å². The monoisotopic (exact) mass is 342 g/mol. The van der Waals surface area contributed by atoms with Gasteiger partial charge in [0.25, 0.3) is 5.91 Å². The van der Waals surface area contributed by atoms with E-state index in [-0.39, 0.29) is 12.5 Å². The van der Waals surface area contributed by atoms with Crippen LogP contribution in [0.15, 0.2) is 42.6 Å². The van der Waals surface area contributed by atoms with Gasteiger partial charge in [0.2, 0.25) is 5.88 Å². The van der Waals surface area contributed by atoms with Crippen LogP contribution in [0.4, 0.5) is 0 Å². The first-order chi connectivity index (χ1) is 12.2. The summed E-state index contributed by atoms with van der Waals surface area (Å²) >= 11 is 0. The average molecular weight is 342 g/mol. The summed E-state index contributed by atoms with van der Waals surface area (Å²) in [4.78, 5) is 16.0. The fourth-order valence-corrected chi connectivity index (χ4v) is 2.13. The molecule has 0 fully saturated rings. The van der Waals surface area contributed by atoms with Gasteiger partial charge in [-0.25, -0.2) is 4.98 Å². The van der Waals surface area contributed by atoms with E-state index in [1.165, 1.54) is 0 Å². The lowest BCUT2D eigenvalue weighted by atomic mass is 10.2. The second-order valence-corrected chi connectivity index (χ2v) is 5.18. The Morgan fingerprint density at radius 3 is 2.64 bits per heavy atom. The lowest BCUT2D eigenvalue weighted by Crippen LogP contribution is -2.28. The maximum atomic E-state index is 11.9. The molecular formula is C19H22N2O4. The molecule has 0 aliphatic rings. The van der Waals surface area contributed by atoms with Crippen molar-refractivity contribution < 1.29 is 19.0 Å². The molecule has 0 unspecified atom stereocenters. The number of pyridine rings is 1. The van der Waals surface area contributed by atoms with Gasteiger partial charge in [0.05, 0.1) is 14.2 Å². The number of carbonyl (C=O) groups excluding carboxylic acids is 1. The highest BCUT2D eigenvalue weighted by molar-refractivity contribution is 5.77. The third-order valence-electron chi connectivity index (χ3n) is 3.40. The van der Waals surface area contributed by atoms with Crippen LogP contribution in [-0.2, 0) is 11.3 Å². The van der Waals surface area contributed by atoms with Crippen LogP contribution in [0.3, 0.4) is 0 Å². The largest absolute Gasteiger partial charge is 0.493 e. The summed E-state index contributed by atoms with van der Waals surface area (Å²) in [5, 5.41) is 2.78. The summed E-state index contributed by atoms with van der Waals surface area (Å²) in [7, 11) is 3.12. The van der Waals surface area contributed by atoms with Crippen LogP contribution >= 0.6 is 0 Å². The van der Waals surface area contributed by atoms with E-state index in [9.17, 15) is 4.79 Å². The van der Waals surface area contributed by atoms with E-state index in [1.807, 2.05) is 37.3 Å². The predicted molar refractivity (Wildman–Crippen MR) is 95.8 cm³/mol. The topological polar surface area (TPSA) is 69.7 Å². The molecule has 6 nitrogen and oxygen atoms in total. The Morgan fingerprint density at radius 2 is 2.00 bits per heavy atom. The number of methoxy groups -OCH3 is 2. The van der Waals surface area contributed by atoms with Crippen LogP contribution in [0.25, 0.3) is 6.08 Å². The Kier molecular flexibility index (Phi) is 6.83. The van der Waals surface area contributed by atoms with E-state index >= 15 is 0 Å². The summed E-state index contributed by atoms with van der Waals surface area (Å²) in [5.74, 6) is 1.42. The summed E-state index contributed by atoms with van der Waals surface area (Å²) in [6.45, 7) is 2.22. The van der Waals surface area contributed by atoms with Crippen LogP contribution in [0.5, 0.6) is 17.4 Å². The Bertz CT molecular complexity index is 727. The van der Waals surface area contributed by atoms with Gasteiger partial charge in [-0.3, -0.25) is 4.79 Å². The van der Waals surface area contributed by atoms with Crippen molar-refractivity contribution in [1.82, 2.24) is 10.3 Å². The van der Waals surface area contributed by atoms with Gasteiger partial charge in [0.15, 0.2) is 18.1 Å². The molecule has 2 rings (SSSR count). The summed E-state index contributed by atoms with van der Waals surface area (Å²) in [6.07, 6.45) is 5.56. The van der Waals surface area contributed by atoms with Gasteiger partial charge < -0.3 is 19.5 Å². The number of nitrogens with one attached hydrogen (secondary N) is 1. The zero-order chi connectivity index (χ0) is 18.1. The van der Waals surface area contributed by atoms with Crippen molar-refractivity contribution in [3.63, 3.8) is 0 Å². The fourth-order valence-electron chi connectivity index (χ4n) is 2.13. The highest BCUT2D eigenvalue weighted by Crippen LogP contribution is 2.28. The minimum Gasteiger partial charge on any atom is -0.493 e. The highest BCUT2D eigenvalue weighted by Gasteiger charge is 2.08. The highest BCUT2D eigenvalue weighted by atomic mass is 16.5. The molecule has 0 radical (unpaired) electrons. The van der Waals surface area contributed by atoms with Gasteiger partial charge in [-0.2, -0.15) is 0 Å². The number of benzene rings is 1. The van der Waals surface area contributed by atoms with Crippen LogP contribution in [-0.4, -0.2) is 31.7 Å². The molecular weight excluding hydrogens is 320 g/mol. The minimum atomic E-state index is -0.226. The second-order valence-electron chi connectivity index (χ2n) is 5.18. The van der Waals surface area contributed by atoms with E-state index < -0.39 is 0 Å². The molecule has 1 aromatic heterocycles. The maximum Gasteiger partial charge on any atom is 0.258 e. The second kappa shape index (κ2) is 9.32. The van der Waals surface area contributed by atoms with Crippen molar-refractivity contribution in [3.05, 3.63) is 53.7 Å². The number of hydrogen-bond acceptors (Lipinski definition) is 5. The molecule has 0 aliphatic heterocycles. The molecule has 1 amide bonds. The lowest BCUT2D eigenvalue weighted by Gasteiger charge is -2.11. The fraction of sp³-hybridized carbons (Fsp3) is 0.263. The molecule has 6 heteroatoms. The lowest BCUT2D eigenvalue weighted by molar-refractivity contribution is -0.123. The van der Waals surface area contributed by atoms with Gasteiger partial charge in [-0.05, 0) is 30.2 Å². The van der Waals surface area contributed by atoms with Crippen molar-refractivity contribution in [2.45, 2.75) is 13.5 Å². The number of aromatic nitrogens is 1. The SMILES string of the molecule is C/C=C/c1ccc(OCC(=O)NCc2ccc(OC)nc2)c(OC)c1. The zero-order valence-corrected chi connectivity index (χ0v) is 14.6. The van der Waals surface area contributed by atoms with Crippen molar-refractivity contribution in [2.75, 3.05) is 20.8 Å². The molecule has 0 aliphatic carbocycles. The van der Waals surface area contributed by atoms with Crippen LogP contribution in [0.1, 0.15) is 18.1 Å². The molecule has 0 saturated heterocycles. The van der Waals surface area contributed by atoms with E-state index in [2.05, 4.69) is 10.3 Å². The van der Waals surface area contributed by atoms with Crippen LogP contribution < -0.4 is 19.5 Å². The molecule has 0 atom stereocenters. The van der Waals surface area contributed by atoms with Gasteiger partial charge >= 0.3 is 0 Å².